The molecule has 0 unspecified atom stereocenters. The monoisotopic (exact) mass is 307 g/mol. The number of ether oxygens (including phenoxy) is 1. The molecule has 0 spiro atoms. The summed E-state index contributed by atoms with van der Waals surface area (Å²) in [5.74, 6) is 1.50. The second kappa shape index (κ2) is 6.98. The Morgan fingerprint density at radius 3 is 2.86 bits per heavy atom. The summed E-state index contributed by atoms with van der Waals surface area (Å²) in [6, 6.07) is 7.29. The number of amides is 1. The van der Waals surface area contributed by atoms with E-state index in [9.17, 15) is 4.79 Å². The Kier molecular flexibility index (Phi) is 5.04. The van der Waals surface area contributed by atoms with Crippen LogP contribution in [-0.2, 0) is 11.8 Å². The number of nitrogen functional groups attached to an aromatic ring is 1. The van der Waals surface area contributed by atoms with Gasteiger partial charge in [0.05, 0.1) is 12.8 Å². The molecule has 0 bridgehead atoms. The topological polar surface area (TPSA) is 95.1 Å². The summed E-state index contributed by atoms with van der Waals surface area (Å²) >= 11 is 1.43. The standard InChI is InChI=1S/C13H17N5O2S/c1-18-12(14)16-17-13(18)21-8-7-11(19)15-9-5-3-4-6-10(9)20-2/h3-6H,7-8H2,1-2H3,(H2,14,16)(H,15,19). The van der Waals surface area contributed by atoms with E-state index >= 15 is 0 Å². The maximum Gasteiger partial charge on any atom is 0.225 e. The molecule has 0 aliphatic heterocycles. The molecule has 0 fully saturated rings. The van der Waals surface area contributed by atoms with Crippen molar-refractivity contribution in [1.29, 1.82) is 0 Å². The number of hydrogen-bond donors (Lipinski definition) is 2. The van der Waals surface area contributed by atoms with Crippen molar-refractivity contribution in [2.75, 3.05) is 23.9 Å². The first-order chi connectivity index (χ1) is 10.1. The van der Waals surface area contributed by atoms with Gasteiger partial charge >= 0.3 is 0 Å². The molecular weight excluding hydrogens is 290 g/mol. The number of carbonyl (C=O) groups excluding carboxylic acids is 1. The lowest BCUT2D eigenvalue weighted by molar-refractivity contribution is -0.115. The fourth-order valence-electron chi connectivity index (χ4n) is 1.65. The van der Waals surface area contributed by atoms with Crippen molar-refractivity contribution in [2.24, 2.45) is 7.05 Å². The fourth-order valence-corrected chi connectivity index (χ4v) is 2.50. The van der Waals surface area contributed by atoms with E-state index in [0.717, 1.165) is 0 Å². The highest BCUT2D eigenvalue weighted by Crippen LogP contribution is 2.23. The van der Waals surface area contributed by atoms with Crippen molar-refractivity contribution >= 4 is 29.3 Å². The maximum absolute atomic E-state index is 11.9. The van der Waals surface area contributed by atoms with Crippen LogP contribution in [0.15, 0.2) is 29.4 Å². The quantitative estimate of drug-likeness (QED) is 0.786. The molecule has 0 radical (unpaired) electrons. The number of methoxy groups -OCH3 is 1. The van der Waals surface area contributed by atoms with Gasteiger partial charge in [0.1, 0.15) is 5.75 Å². The van der Waals surface area contributed by atoms with Gasteiger partial charge in [0.25, 0.3) is 0 Å². The SMILES string of the molecule is COc1ccccc1NC(=O)CCSc1nnc(N)n1C. The largest absolute Gasteiger partial charge is 0.495 e. The number of nitrogens with one attached hydrogen (secondary N) is 1. The molecular formula is C13H17N5O2S. The summed E-state index contributed by atoms with van der Waals surface area (Å²) in [6.45, 7) is 0. The van der Waals surface area contributed by atoms with Gasteiger partial charge in [-0.1, -0.05) is 23.9 Å². The summed E-state index contributed by atoms with van der Waals surface area (Å²) in [5, 5.41) is 11.2. The molecule has 0 aliphatic carbocycles. The first kappa shape index (κ1) is 15.2. The predicted octanol–water partition coefficient (Wildman–Crippen LogP) is 1.53. The van der Waals surface area contributed by atoms with Gasteiger partial charge in [0, 0.05) is 19.2 Å². The lowest BCUT2D eigenvalue weighted by Crippen LogP contribution is -2.13. The van der Waals surface area contributed by atoms with Gasteiger partial charge in [-0.15, -0.1) is 10.2 Å². The van der Waals surface area contributed by atoms with Gasteiger partial charge in [0.2, 0.25) is 11.9 Å². The average Bonchev–Trinajstić information content (AvgIpc) is 2.80. The molecule has 3 N–H and O–H groups in total. The molecule has 112 valence electrons. The van der Waals surface area contributed by atoms with Crippen LogP contribution in [0.3, 0.4) is 0 Å². The minimum Gasteiger partial charge on any atom is -0.495 e. The molecule has 7 nitrogen and oxygen atoms in total. The fraction of sp³-hybridized carbons (Fsp3) is 0.308. The van der Waals surface area contributed by atoms with Crippen molar-refractivity contribution in [3.8, 4) is 5.75 Å². The summed E-state index contributed by atoms with van der Waals surface area (Å²) in [4.78, 5) is 11.9. The van der Waals surface area contributed by atoms with E-state index in [2.05, 4.69) is 15.5 Å². The number of carbonyl (C=O) groups is 1. The molecule has 1 amide bonds. The minimum absolute atomic E-state index is 0.0814. The highest BCUT2D eigenvalue weighted by molar-refractivity contribution is 7.99. The van der Waals surface area contributed by atoms with Crippen molar-refractivity contribution in [2.45, 2.75) is 11.6 Å². The van der Waals surface area contributed by atoms with E-state index in [4.69, 9.17) is 10.5 Å². The van der Waals surface area contributed by atoms with E-state index in [1.165, 1.54) is 11.8 Å². The number of nitrogens with zero attached hydrogens (tertiary/aromatic N) is 3. The molecule has 0 saturated heterocycles. The highest BCUT2D eigenvalue weighted by atomic mass is 32.2. The molecule has 0 aliphatic rings. The van der Waals surface area contributed by atoms with Crippen molar-refractivity contribution in [1.82, 2.24) is 14.8 Å². The Bertz CT molecular complexity index is 629. The summed E-state index contributed by atoms with van der Waals surface area (Å²) in [7, 11) is 3.35. The zero-order valence-corrected chi connectivity index (χ0v) is 12.7. The van der Waals surface area contributed by atoms with Gasteiger partial charge in [-0.3, -0.25) is 9.36 Å². The van der Waals surface area contributed by atoms with Gasteiger partial charge in [-0.05, 0) is 12.1 Å². The van der Waals surface area contributed by atoms with E-state index in [1.54, 1.807) is 30.9 Å². The summed E-state index contributed by atoms with van der Waals surface area (Å²) in [6.07, 6.45) is 0.357. The van der Waals surface area contributed by atoms with Crippen LogP contribution in [0.5, 0.6) is 5.75 Å². The molecule has 0 saturated carbocycles. The van der Waals surface area contributed by atoms with E-state index in [-0.39, 0.29) is 5.91 Å². The van der Waals surface area contributed by atoms with Gasteiger partial charge in [0.15, 0.2) is 5.16 Å². The third-order valence-electron chi connectivity index (χ3n) is 2.81. The lowest BCUT2D eigenvalue weighted by atomic mass is 10.3. The van der Waals surface area contributed by atoms with Gasteiger partial charge in [-0.25, -0.2) is 0 Å². The average molecular weight is 307 g/mol. The Balaban J connectivity index is 1.84. The first-order valence-corrected chi connectivity index (χ1v) is 7.31. The second-order valence-electron chi connectivity index (χ2n) is 4.25. The number of benzene rings is 1. The van der Waals surface area contributed by atoms with Crippen LogP contribution >= 0.6 is 11.8 Å². The molecule has 2 rings (SSSR count). The number of hydrogen-bond acceptors (Lipinski definition) is 6. The number of para-hydroxylation sites is 2. The molecule has 8 heteroatoms. The van der Waals surface area contributed by atoms with Crippen molar-refractivity contribution in [3.63, 3.8) is 0 Å². The van der Waals surface area contributed by atoms with Gasteiger partial charge < -0.3 is 15.8 Å². The van der Waals surface area contributed by atoms with Crippen LogP contribution < -0.4 is 15.8 Å². The van der Waals surface area contributed by atoms with E-state index in [1.807, 2.05) is 12.1 Å². The molecule has 0 atom stereocenters. The third kappa shape index (κ3) is 3.88. The van der Waals surface area contributed by atoms with Crippen molar-refractivity contribution in [3.05, 3.63) is 24.3 Å². The Hall–Kier alpha value is -2.22. The van der Waals surface area contributed by atoms with Crippen LogP contribution in [-0.4, -0.2) is 33.5 Å². The van der Waals surface area contributed by atoms with Crippen LogP contribution in [0.2, 0.25) is 0 Å². The molecule has 1 heterocycles. The Morgan fingerprint density at radius 1 is 1.43 bits per heavy atom. The van der Waals surface area contributed by atoms with Crippen LogP contribution in [0.25, 0.3) is 0 Å². The molecule has 21 heavy (non-hydrogen) atoms. The zero-order chi connectivity index (χ0) is 15.2. The first-order valence-electron chi connectivity index (χ1n) is 6.32. The lowest BCUT2D eigenvalue weighted by Gasteiger charge is -2.09. The number of anilines is 2. The minimum atomic E-state index is -0.0814. The highest BCUT2D eigenvalue weighted by Gasteiger charge is 2.09. The molecule has 1 aromatic heterocycles. The van der Waals surface area contributed by atoms with E-state index < -0.39 is 0 Å². The molecule has 1 aromatic carbocycles. The third-order valence-corrected chi connectivity index (χ3v) is 3.83. The summed E-state index contributed by atoms with van der Waals surface area (Å²) in [5.41, 5.74) is 6.25. The number of rotatable bonds is 6. The van der Waals surface area contributed by atoms with Crippen LogP contribution in [0, 0.1) is 0 Å². The number of nitrogens with two attached hydrogens (primary N) is 1. The predicted molar refractivity (Wildman–Crippen MR) is 82.4 cm³/mol. The van der Waals surface area contributed by atoms with Crippen LogP contribution in [0.4, 0.5) is 11.6 Å². The van der Waals surface area contributed by atoms with E-state index in [0.29, 0.717) is 34.7 Å². The smallest absolute Gasteiger partial charge is 0.225 e. The number of thioether (sulfide) groups is 1. The molecule has 2 aromatic rings. The summed E-state index contributed by atoms with van der Waals surface area (Å²) < 4.78 is 6.87. The maximum atomic E-state index is 11.9. The normalized spacial score (nSPS) is 10.4. The van der Waals surface area contributed by atoms with Crippen molar-refractivity contribution < 1.29 is 9.53 Å². The second-order valence-corrected chi connectivity index (χ2v) is 5.31. The number of aromatic nitrogens is 3. The zero-order valence-electron chi connectivity index (χ0n) is 11.9. The van der Waals surface area contributed by atoms with Gasteiger partial charge in [-0.2, -0.15) is 0 Å². The Labute approximate surface area is 126 Å². The van der Waals surface area contributed by atoms with Crippen LogP contribution in [0.1, 0.15) is 6.42 Å². The Morgan fingerprint density at radius 2 is 2.19 bits per heavy atom.